The van der Waals surface area contributed by atoms with Crippen LogP contribution in [0.5, 0.6) is 5.75 Å². The van der Waals surface area contributed by atoms with Crippen LogP contribution in [0, 0.1) is 0 Å². The van der Waals surface area contributed by atoms with Crippen LogP contribution in [-0.2, 0) is 0 Å². The maximum Gasteiger partial charge on any atom is 0.257 e. The predicted molar refractivity (Wildman–Crippen MR) is 129 cm³/mol. The van der Waals surface area contributed by atoms with E-state index in [0.717, 1.165) is 25.3 Å². The molecule has 0 aliphatic heterocycles. The van der Waals surface area contributed by atoms with Gasteiger partial charge in [-0.2, -0.15) is 0 Å². The van der Waals surface area contributed by atoms with Gasteiger partial charge in [-0.05, 0) is 60.7 Å². The lowest BCUT2D eigenvalue weighted by Gasteiger charge is -2.14. The lowest BCUT2D eigenvalue weighted by Crippen LogP contribution is -2.34. The van der Waals surface area contributed by atoms with Gasteiger partial charge in [-0.15, -0.1) is 11.3 Å². The zero-order valence-corrected chi connectivity index (χ0v) is 19.0. The van der Waals surface area contributed by atoms with E-state index >= 15 is 0 Å². The molecule has 2 N–H and O–H groups in total. The third kappa shape index (κ3) is 4.51. The highest BCUT2D eigenvalue weighted by Crippen LogP contribution is 2.34. The van der Waals surface area contributed by atoms with Crippen molar-refractivity contribution in [1.29, 1.82) is 0 Å². The summed E-state index contributed by atoms with van der Waals surface area (Å²) >= 11 is 10.3. The molecule has 4 aromatic rings. The average molecular weight is 498 g/mol. The summed E-state index contributed by atoms with van der Waals surface area (Å²) in [5.74, 6) is 0.314. The summed E-state index contributed by atoms with van der Waals surface area (Å²) in [5.41, 5.74) is 3.04. The number of halogens is 1. The first-order chi connectivity index (χ1) is 14.5. The fourth-order valence-corrected chi connectivity index (χ4v) is 4.46. The van der Waals surface area contributed by atoms with Gasteiger partial charge in [0, 0.05) is 15.6 Å². The number of ether oxygens (including phenoxy) is 1. The van der Waals surface area contributed by atoms with E-state index < -0.39 is 0 Å². The molecule has 1 heterocycles. The molecular weight excluding hydrogens is 482 g/mol. The quantitative estimate of drug-likeness (QED) is 0.345. The highest BCUT2D eigenvalue weighted by atomic mass is 79.9. The first-order valence-electron chi connectivity index (χ1n) is 8.95. The van der Waals surface area contributed by atoms with Gasteiger partial charge in [0.2, 0.25) is 0 Å². The van der Waals surface area contributed by atoms with Crippen molar-refractivity contribution < 1.29 is 9.53 Å². The van der Waals surface area contributed by atoms with Crippen LogP contribution < -0.4 is 15.4 Å². The van der Waals surface area contributed by atoms with Gasteiger partial charge in [-0.3, -0.25) is 10.1 Å². The van der Waals surface area contributed by atoms with Crippen LogP contribution in [0.1, 0.15) is 10.4 Å². The zero-order chi connectivity index (χ0) is 21.1. The molecule has 1 amide bonds. The molecule has 1 aromatic heterocycles. The number of amides is 1. The molecule has 0 aliphatic carbocycles. The van der Waals surface area contributed by atoms with Crippen LogP contribution in [0.3, 0.4) is 0 Å². The largest absolute Gasteiger partial charge is 0.495 e. The Hall–Kier alpha value is -2.81. The van der Waals surface area contributed by atoms with Crippen molar-refractivity contribution in [1.82, 2.24) is 10.3 Å². The average Bonchev–Trinajstić information content (AvgIpc) is 3.18. The Morgan fingerprint density at radius 3 is 2.70 bits per heavy atom. The molecule has 0 radical (unpaired) electrons. The number of benzene rings is 3. The zero-order valence-electron chi connectivity index (χ0n) is 15.8. The molecule has 0 unspecified atom stereocenters. The van der Waals surface area contributed by atoms with Crippen LogP contribution in [0.25, 0.3) is 20.8 Å². The van der Waals surface area contributed by atoms with Gasteiger partial charge in [-0.1, -0.05) is 34.1 Å². The Kier molecular flexibility index (Phi) is 6.08. The van der Waals surface area contributed by atoms with Crippen molar-refractivity contribution in [3.63, 3.8) is 0 Å². The summed E-state index contributed by atoms with van der Waals surface area (Å²) in [6.07, 6.45) is 0. The smallest absolute Gasteiger partial charge is 0.257 e. The van der Waals surface area contributed by atoms with E-state index in [1.54, 1.807) is 36.6 Å². The molecule has 0 fully saturated rings. The van der Waals surface area contributed by atoms with Crippen molar-refractivity contribution in [3.05, 3.63) is 76.8 Å². The van der Waals surface area contributed by atoms with E-state index in [1.165, 1.54) is 0 Å². The van der Waals surface area contributed by atoms with E-state index in [4.69, 9.17) is 21.9 Å². The third-order valence-corrected chi connectivity index (χ3v) is 6.09. The number of fused-ring (bicyclic) bond motifs is 1. The molecule has 5 nitrogen and oxygen atoms in total. The number of thiazole rings is 1. The lowest BCUT2D eigenvalue weighted by atomic mass is 10.2. The molecule has 8 heteroatoms. The van der Waals surface area contributed by atoms with Crippen molar-refractivity contribution >= 4 is 66.4 Å². The number of anilines is 1. The number of methoxy groups -OCH3 is 1. The van der Waals surface area contributed by atoms with Crippen LogP contribution in [0.15, 0.2) is 71.2 Å². The SMILES string of the molecule is COc1ccc(-c2nc3ccccc3s2)cc1NC(=S)NC(=O)c1cccc(Br)c1. The second-order valence-electron chi connectivity index (χ2n) is 6.32. The minimum atomic E-state index is -0.296. The predicted octanol–water partition coefficient (Wildman–Crippen LogP) is 5.86. The first-order valence-corrected chi connectivity index (χ1v) is 11.0. The van der Waals surface area contributed by atoms with E-state index in [0.29, 0.717) is 17.0 Å². The summed E-state index contributed by atoms with van der Waals surface area (Å²) in [6, 6.07) is 20.8. The molecule has 0 spiro atoms. The molecule has 0 aliphatic rings. The summed E-state index contributed by atoms with van der Waals surface area (Å²) in [4.78, 5) is 17.1. The van der Waals surface area contributed by atoms with Crippen molar-refractivity contribution in [2.45, 2.75) is 0 Å². The summed E-state index contributed by atoms with van der Waals surface area (Å²) in [5, 5.41) is 6.83. The number of aromatic nitrogens is 1. The Morgan fingerprint density at radius 1 is 1.10 bits per heavy atom. The second kappa shape index (κ2) is 8.91. The van der Waals surface area contributed by atoms with Gasteiger partial charge in [0.1, 0.15) is 10.8 Å². The highest BCUT2D eigenvalue weighted by molar-refractivity contribution is 9.10. The number of para-hydroxylation sites is 1. The van der Waals surface area contributed by atoms with E-state index in [2.05, 4.69) is 26.6 Å². The fourth-order valence-electron chi connectivity index (χ4n) is 2.89. The molecule has 0 bridgehead atoms. The number of carbonyl (C=O) groups excluding carboxylic acids is 1. The molecule has 0 saturated carbocycles. The maximum atomic E-state index is 12.4. The molecule has 3 aromatic carbocycles. The standard InChI is InChI=1S/C22H16BrN3O2S2/c1-28-18-10-9-14(21-24-16-7-2-3-8-19(16)30-21)12-17(18)25-22(29)26-20(27)13-5-4-6-15(23)11-13/h2-12H,1H3,(H2,25,26,27,29). The molecule has 0 atom stereocenters. The molecule has 0 saturated heterocycles. The molecule has 4 rings (SSSR count). The minimum Gasteiger partial charge on any atom is -0.495 e. The van der Waals surface area contributed by atoms with Crippen LogP contribution in [0.4, 0.5) is 5.69 Å². The number of rotatable bonds is 4. The lowest BCUT2D eigenvalue weighted by molar-refractivity contribution is 0.0977. The van der Waals surface area contributed by atoms with Crippen molar-refractivity contribution in [2.24, 2.45) is 0 Å². The monoisotopic (exact) mass is 497 g/mol. The highest BCUT2D eigenvalue weighted by Gasteiger charge is 2.13. The second-order valence-corrected chi connectivity index (χ2v) is 8.67. The Bertz CT molecular complexity index is 1220. The summed E-state index contributed by atoms with van der Waals surface area (Å²) < 4.78 is 7.38. The van der Waals surface area contributed by atoms with Crippen LogP contribution in [-0.4, -0.2) is 23.1 Å². The van der Waals surface area contributed by atoms with E-state index in [9.17, 15) is 4.79 Å². The molecular formula is C22H16BrN3O2S2. The van der Waals surface area contributed by atoms with Crippen LogP contribution in [0.2, 0.25) is 0 Å². The van der Waals surface area contributed by atoms with E-state index in [-0.39, 0.29) is 11.0 Å². The summed E-state index contributed by atoms with van der Waals surface area (Å²) in [7, 11) is 1.58. The number of carbonyl (C=O) groups is 1. The fraction of sp³-hybridized carbons (Fsp3) is 0.0455. The topological polar surface area (TPSA) is 63.2 Å². The van der Waals surface area contributed by atoms with E-state index in [1.807, 2.05) is 48.5 Å². The number of hydrogen-bond donors (Lipinski definition) is 2. The van der Waals surface area contributed by atoms with Gasteiger partial charge >= 0.3 is 0 Å². The van der Waals surface area contributed by atoms with Gasteiger partial charge in [-0.25, -0.2) is 4.98 Å². The molecule has 30 heavy (non-hydrogen) atoms. The normalized spacial score (nSPS) is 10.6. The summed E-state index contributed by atoms with van der Waals surface area (Å²) in [6.45, 7) is 0. The Balaban J connectivity index is 1.56. The maximum absolute atomic E-state index is 12.4. The number of hydrogen-bond acceptors (Lipinski definition) is 5. The third-order valence-electron chi connectivity index (χ3n) is 4.30. The Labute approximate surface area is 191 Å². The number of nitrogens with one attached hydrogen (secondary N) is 2. The van der Waals surface area contributed by atoms with Gasteiger partial charge < -0.3 is 10.1 Å². The van der Waals surface area contributed by atoms with Crippen LogP contribution >= 0.6 is 39.5 Å². The Morgan fingerprint density at radius 2 is 1.93 bits per heavy atom. The van der Waals surface area contributed by atoms with Gasteiger partial charge in [0.25, 0.3) is 5.91 Å². The van der Waals surface area contributed by atoms with Gasteiger partial charge in [0.05, 0.1) is 23.0 Å². The van der Waals surface area contributed by atoms with Gasteiger partial charge in [0.15, 0.2) is 5.11 Å². The minimum absolute atomic E-state index is 0.180. The number of nitrogens with zero attached hydrogens (tertiary/aromatic N) is 1. The molecule has 150 valence electrons. The van der Waals surface area contributed by atoms with Crippen molar-refractivity contribution in [2.75, 3.05) is 12.4 Å². The number of thiocarbonyl (C=S) groups is 1. The first kappa shape index (κ1) is 20.5. The van der Waals surface area contributed by atoms with Crippen molar-refractivity contribution in [3.8, 4) is 16.3 Å².